The number of nitrogens with one attached hydrogen (secondary N) is 3. The van der Waals surface area contributed by atoms with E-state index >= 15 is 0 Å². The lowest BCUT2D eigenvalue weighted by molar-refractivity contribution is 0.0696. The number of hydrogen-bond acceptors (Lipinski definition) is 11. The second-order valence-corrected chi connectivity index (χ2v) is 9.91. The number of aromatic hydroxyl groups is 1. The van der Waals surface area contributed by atoms with Gasteiger partial charge in [-0.2, -0.15) is 4.52 Å². The van der Waals surface area contributed by atoms with E-state index < -0.39 is 40.6 Å². The summed E-state index contributed by atoms with van der Waals surface area (Å²) in [5.41, 5.74) is 6.37. The quantitative estimate of drug-likeness (QED) is 0.140. The summed E-state index contributed by atoms with van der Waals surface area (Å²) in [6.07, 6.45) is 1.12. The van der Waals surface area contributed by atoms with Crippen molar-refractivity contribution < 1.29 is 24.6 Å². The van der Waals surface area contributed by atoms with Crippen molar-refractivity contribution in [3.8, 4) is 5.88 Å². The van der Waals surface area contributed by atoms with Crippen LogP contribution in [-0.4, -0.2) is 47.8 Å². The van der Waals surface area contributed by atoms with Gasteiger partial charge in [-0.15, -0.1) is 0 Å². The summed E-state index contributed by atoms with van der Waals surface area (Å²) in [4.78, 5) is 65.0. The molecule has 0 saturated carbocycles. The minimum absolute atomic E-state index is 0.00765. The van der Waals surface area contributed by atoms with Crippen molar-refractivity contribution in [3.05, 3.63) is 103 Å². The number of amides is 2. The number of aryl methyl sites for hydroxylation is 1. The SMILES string of the molecule is Nc1c(Nc2cccc(CNC(=O)c3cc(C(=O)N[C@H]4CCc5cc(C(=O)O)ccc54)nc4c(O)nnn34)c2)c(=O)c1=O. The van der Waals surface area contributed by atoms with Crippen LogP contribution in [0.3, 0.4) is 0 Å². The molecule has 0 unspecified atom stereocenters. The van der Waals surface area contributed by atoms with Crippen LogP contribution in [0.1, 0.15) is 60.5 Å². The minimum Gasteiger partial charge on any atom is -0.489 e. The smallest absolute Gasteiger partial charge is 0.335 e. The van der Waals surface area contributed by atoms with Crippen LogP contribution in [0.4, 0.5) is 17.1 Å². The molecule has 0 aliphatic heterocycles. The number of nitrogens with zero attached hydrogens (tertiary/aromatic N) is 4. The Morgan fingerprint density at radius 1 is 1.05 bits per heavy atom. The number of hydrogen-bond donors (Lipinski definition) is 6. The van der Waals surface area contributed by atoms with Crippen LogP contribution in [0, 0.1) is 0 Å². The van der Waals surface area contributed by atoms with Gasteiger partial charge >= 0.3 is 5.97 Å². The van der Waals surface area contributed by atoms with Crippen molar-refractivity contribution in [1.82, 2.24) is 30.4 Å². The molecule has 0 bridgehead atoms. The molecule has 0 spiro atoms. The zero-order chi connectivity index (χ0) is 30.4. The van der Waals surface area contributed by atoms with Gasteiger partial charge in [-0.3, -0.25) is 19.2 Å². The summed E-state index contributed by atoms with van der Waals surface area (Å²) in [5, 5.41) is 35.1. The molecule has 3 aromatic carbocycles. The second-order valence-electron chi connectivity index (χ2n) is 9.91. The number of nitrogen functional groups attached to an aromatic ring is 1. The number of carboxylic acid groups (broad SMARTS) is 1. The fourth-order valence-corrected chi connectivity index (χ4v) is 4.99. The Balaban J connectivity index is 1.20. The average molecular weight is 583 g/mol. The highest BCUT2D eigenvalue weighted by Crippen LogP contribution is 2.32. The molecule has 1 aliphatic carbocycles. The maximum atomic E-state index is 13.2. The minimum atomic E-state index is -1.04. The first-order chi connectivity index (χ1) is 20.6. The number of nitrogens with two attached hydrogens (primary N) is 1. The molecular weight excluding hydrogens is 560 g/mol. The van der Waals surface area contributed by atoms with Gasteiger partial charge in [0.25, 0.3) is 28.6 Å². The molecule has 5 aromatic rings. The van der Waals surface area contributed by atoms with Gasteiger partial charge < -0.3 is 31.9 Å². The summed E-state index contributed by atoms with van der Waals surface area (Å²) >= 11 is 0. The molecule has 6 rings (SSSR count). The molecule has 43 heavy (non-hydrogen) atoms. The zero-order valence-corrected chi connectivity index (χ0v) is 22.1. The van der Waals surface area contributed by atoms with E-state index in [4.69, 9.17) is 5.73 Å². The summed E-state index contributed by atoms with van der Waals surface area (Å²) in [6.45, 7) is 0.0268. The Morgan fingerprint density at radius 3 is 2.63 bits per heavy atom. The van der Waals surface area contributed by atoms with E-state index in [1.165, 1.54) is 12.1 Å². The lowest BCUT2D eigenvalue weighted by Gasteiger charge is -2.15. The Labute approximate surface area is 240 Å². The number of fused-ring (bicyclic) bond motifs is 2. The maximum absolute atomic E-state index is 13.2. The maximum Gasteiger partial charge on any atom is 0.335 e. The summed E-state index contributed by atoms with van der Waals surface area (Å²) in [7, 11) is 0. The van der Waals surface area contributed by atoms with Gasteiger partial charge in [-0.05, 0) is 53.8 Å². The molecule has 0 radical (unpaired) electrons. The highest BCUT2D eigenvalue weighted by molar-refractivity contribution is 5.98. The van der Waals surface area contributed by atoms with Crippen molar-refractivity contribution in [3.63, 3.8) is 0 Å². The number of carboxylic acids is 1. The molecule has 1 atom stereocenters. The van der Waals surface area contributed by atoms with Crippen molar-refractivity contribution in [1.29, 1.82) is 0 Å². The molecule has 0 saturated heterocycles. The summed E-state index contributed by atoms with van der Waals surface area (Å²) in [6, 6.07) is 12.2. The highest BCUT2D eigenvalue weighted by atomic mass is 16.4. The van der Waals surface area contributed by atoms with Gasteiger partial charge in [0.1, 0.15) is 22.8 Å². The van der Waals surface area contributed by atoms with Crippen molar-refractivity contribution in [2.24, 2.45) is 0 Å². The monoisotopic (exact) mass is 582 g/mol. The Hall–Kier alpha value is -6.12. The van der Waals surface area contributed by atoms with Gasteiger partial charge in [0.05, 0.1) is 11.6 Å². The third kappa shape index (κ3) is 4.88. The first-order valence-corrected chi connectivity index (χ1v) is 13.0. The van der Waals surface area contributed by atoms with Gasteiger partial charge in [-0.25, -0.2) is 9.78 Å². The summed E-state index contributed by atoms with van der Waals surface area (Å²) in [5.74, 6) is -2.88. The fraction of sp³-hybridized carbons (Fsp3) is 0.143. The van der Waals surface area contributed by atoms with Gasteiger partial charge in [0.2, 0.25) is 5.65 Å². The molecule has 2 aromatic heterocycles. The van der Waals surface area contributed by atoms with Gasteiger partial charge in [-0.1, -0.05) is 28.5 Å². The van der Waals surface area contributed by atoms with Gasteiger partial charge in [0, 0.05) is 18.3 Å². The standard InChI is InChI=1S/C28H22N8O7/c29-20-21(23(38)22(20)37)31-15-3-1-2-12(8-15)11-30-26(40)19-10-18(32-24-27(41)34-35-36(19)24)25(39)33-17-7-5-13-9-14(28(42)43)4-6-16(13)17/h1-4,6,8-10,17,31,41H,5,7,11,29H2,(H,30,40)(H,33,39)(H,42,43)/t17-/m0/s1. The topological polar surface area (TPSA) is 231 Å². The van der Waals surface area contributed by atoms with E-state index in [2.05, 4.69) is 31.2 Å². The van der Waals surface area contributed by atoms with Crippen LogP contribution in [-0.2, 0) is 13.0 Å². The number of carbonyl (C=O) groups is 3. The van der Waals surface area contributed by atoms with E-state index in [9.17, 15) is 34.2 Å². The second kappa shape index (κ2) is 10.4. The summed E-state index contributed by atoms with van der Waals surface area (Å²) < 4.78 is 1.01. The van der Waals surface area contributed by atoms with E-state index in [0.29, 0.717) is 24.1 Å². The lowest BCUT2D eigenvalue weighted by Crippen LogP contribution is -2.36. The largest absolute Gasteiger partial charge is 0.489 e. The number of rotatable bonds is 8. The molecule has 216 valence electrons. The highest BCUT2D eigenvalue weighted by Gasteiger charge is 2.27. The van der Waals surface area contributed by atoms with Crippen LogP contribution >= 0.6 is 0 Å². The van der Waals surface area contributed by atoms with E-state index in [-0.39, 0.29) is 40.5 Å². The third-order valence-corrected chi connectivity index (χ3v) is 7.19. The number of aromatic nitrogens is 4. The van der Waals surface area contributed by atoms with Crippen LogP contribution in [0.15, 0.2) is 58.1 Å². The van der Waals surface area contributed by atoms with E-state index in [0.717, 1.165) is 15.6 Å². The van der Waals surface area contributed by atoms with E-state index in [1.807, 2.05) is 0 Å². The molecule has 0 fully saturated rings. The molecule has 15 heteroatoms. The first-order valence-electron chi connectivity index (χ1n) is 13.0. The zero-order valence-electron chi connectivity index (χ0n) is 22.1. The van der Waals surface area contributed by atoms with Crippen molar-refractivity contribution in [2.45, 2.75) is 25.4 Å². The van der Waals surface area contributed by atoms with Crippen molar-refractivity contribution >= 4 is 40.5 Å². The van der Waals surface area contributed by atoms with Crippen LogP contribution in [0.5, 0.6) is 5.88 Å². The number of carbonyl (C=O) groups excluding carboxylic acids is 2. The number of aromatic carboxylic acids is 1. The Bertz CT molecular complexity index is 2040. The lowest BCUT2D eigenvalue weighted by atomic mass is 10.0. The third-order valence-electron chi connectivity index (χ3n) is 7.19. The van der Waals surface area contributed by atoms with Crippen molar-refractivity contribution in [2.75, 3.05) is 11.1 Å². The molecular formula is C28H22N8O7. The molecule has 2 heterocycles. The predicted octanol–water partition coefficient (Wildman–Crippen LogP) is 0.797. The van der Waals surface area contributed by atoms with E-state index in [1.54, 1.807) is 36.4 Å². The van der Waals surface area contributed by atoms with Gasteiger partial charge in [0.15, 0.2) is 0 Å². The average Bonchev–Trinajstić information content (AvgIpc) is 3.60. The first kappa shape index (κ1) is 27.1. The normalized spacial score (nSPS) is 14.0. The number of anilines is 3. The Morgan fingerprint density at radius 2 is 1.86 bits per heavy atom. The molecule has 15 nitrogen and oxygen atoms in total. The van der Waals surface area contributed by atoms with Crippen LogP contribution < -0.4 is 32.5 Å². The fourth-order valence-electron chi connectivity index (χ4n) is 4.99. The molecule has 7 N–H and O–H groups in total. The molecule has 1 aliphatic rings. The Kier molecular flexibility index (Phi) is 6.53. The van der Waals surface area contributed by atoms with Crippen LogP contribution in [0.2, 0.25) is 0 Å². The number of benzene rings is 2. The molecule has 2 amide bonds. The predicted molar refractivity (Wildman–Crippen MR) is 151 cm³/mol. The van der Waals surface area contributed by atoms with Crippen LogP contribution in [0.25, 0.3) is 5.65 Å².